The third-order valence-corrected chi connectivity index (χ3v) is 3.91. The molecular formula is C17H28N4. The number of nitrogens with two attached hydrogens (primary N) is 1. The Kier molecular flexibility index (Phi) is 5.62. The van der Waals surface area contributed by atoms with E-state index in [2.05, 4.69) is 60.2 Å². The van der Waals surface area contributed by atoms with E-state index in [0.717, 1.165) is 13.1 Å². The number of benzene rings is 1. The van der Waals surface area contributed by atoms with Crippen LogP contribution in [-0.2, 0) is 0 Å². The van der Waals surface area contributed by atoms with E-state index in [0.29, 0.717) is 24.6 Å². The number of aliphatic imine (C=N–C) groups is 1. The molecule has 0 aromatic heterocycles. The third kappa shape index (κ3) is 4.74. The van der Waals surface area contributed by atoms with Gasteiger partial charge in [0.25, 0.3) is 0 Å². The Labute approximate surface area is 128 Å². The minimum Gasteiger partial charge on any atom is -0.370 e. The number of rotatable bonds is 5. The average molecular weight is 288 g/mol. The van der Waals surface area contributed by atoms with Gasteiger partial charge in [0.05, 0.1) is 12.6 Å². The van der Waals surface area contributed by atoms with E-state index in [1.165, 1.54) is 24.0 Å². The quantitative estimate of drug-likeness (QED) is 0.646. The predicted molar refractivity (Wildman–Crippen MR) is 89.5 cm³/mol. The van der Waals surface area contributed by atoms with Gasteiger partial charge >= 0.3 is 0 Å². The van der Waals surface area contributed by atoms with Crippen LogP contribution >= 0.6 is 0 Å². The lowest BCUT2D eigenvalue weighted by atomic mass is 10.0. The molecule has 1 aromatic rings. The zero-order chi connectivity index (χ0) is 15.2. The Morgan fingerprint density at radius 2 is 1.86 bits per heavy atom. The second-order valence-corrected chi connectivity index (χ2v) is 6.19. The van der Waals surface area contributed by atoms with Crippen molar-refractivity contribution in [3.05, 3.63) is 35.4 Å². The second-order valence-electron chi connectivity index (χ2n) is 6.19. The number of likely N-dealkylation sites (tertiary alicyclic amines) is 1. The van der Waals surface area contributed by atoms with E-state index in [-0.39, 0.29) is 0 Å². The van der Waals surface area contributed by atoms with Crippen molar-refractivity contribution >= 4 is 5.96 Å². The van der Waals surface area contributed by atoms with Crippen LogP contribution in [0.2, 0.25) is 0 Å². The summed E-state index contributed by atoms with van der Waals surface area (Å²) in [5.74, 6) is 0.543. The van der Waals surface area contributed by atoms with Gasteiger partial charge in [-0.15, -0.1) is 0 Å². The Morgan fingerprint density at radius 3 is 2.43 bits per heavy atom. The summed E-state index contributed by atoms with van der Waals surface area (Å²) in [6.45, 7) is 9.30. The van der Waals surface area contributed by atoms with Crippen molar-refractivity contribution in [3.63, 3.8) is 0 Å². The largest absolute Gasteiger partial charge is 0.370 e. The summed E-state index contributed by atoms with van der Waals surface area (Å²) >= 11 is 0. The van der Waals surface area contributed by atoms with Gasteiger partial charge in [0.2, 0.25) is 0 Å². The Hall–Kier alpha value is -1.55. The van der Waals surface area contributed by atoms with Gasteiger partial charge in [0.1, 0.15) is 0 Å². The highest BCUT2D eigenvalue weighted by Crippen LogP contribution is 2.25. The topological polar surface area (TPSA) is 53.6 Å². The van der Waals surface area contributed by atoms with Gasteiger partial charge in [0, 0.05) is 6.04 Å². The molecule has 0 bridgehead atoms. The van der Waals surface area contributed by atoms with Crippen molar-refractivity contribution in [2.45, 2.75) is 45.7 Å². The number of aryl methyl sites for hydroxylation is 1. The van der Waals surface area contributed by atoms with Crippen LogP contribution in [0.5, 0.6) is 0 Å². The summed E-state index contributed by atoms with van der Waals surface area (Å²) in [6, 6.07) is 9.45. The van der Waals surface area contributed by atoms with Gasteiger partial charge in [-0.2, -0.15) is 0 Å². The third-order valence-electron chi connectivity index (χ3n) is 3.91. The van der Waals surface area contributed by atoms with Gasteiger partial charge < -0.3 is 11.1 Å². The first kappa shape index (κ1) is 15.8. The minimum absolute atomic E-state index is 0.318. The number of hydrogen-bond donors (Lipinski definition) is 2. The molecule has 1 heterocycles. The van der Waals surface area contributed by atoms with Crippen LogP contribution in [0.25, 0.3) is 0 Å². The summed E-state index contributed by atoms with van der Waals surface area (Å²) in [5, 5.41) is 3.16. The van der Waals surface area contributed by atoms with Crippen molar-refractivity contribution in [1.82, 2.24) is 10.2 Å². The number of nitrogens with one attached hydrogen (secondary N) is 1. The molecule has 21 heavy (non-hydrogen) atoms. The molecule has 0 radical (unpaired) electrons. The average Bonchev–Trinajstić information content (AvgIpc) is 2.94. The minimum atomic E-state index is 0.318. The van der Waals surface area contributed by atoms with Crippen LogP contribution in [-0.4, -0.2) is 36.5 Å². The maximum absolute atomic E-state index is 5.94. The summed E-state index contributed by atoms with van der Waals surface area (Å²) in [6.07, 6.45) is 2.57. The Bertz CT molecular complexity index is 458. The van der Waals surface area contributed by atoms with E-state index in [1.807, 2.05) is 0 Å². The first-order valence-corrected chi connectivity index (χ1v) is 7.93. The molecule has 0 spiro atoms. The number of hydrogen-bond acceptors (Lipinski definition) is 2. The summed E-state index contributed by atoms with van der Waals surface area (Å²) in [7, 11) is 0. The lowest BCUT2D eigenvalue weighted by Gasteiger charge is -2.27. The fraction of sp³-hybridized carbons (Fsp3) is 0.588. The van der Waals surface area contributed by atoms with E-state index >= 15 is 0 Å². The molecule has 1 aliphatic heterocycles. The van der Waals surface area contributed by atoms with Gasteiger partial charge in [-0.05, 0) is 52.3 Å². The highest BCUT2D eigenvalue weighted by molar-refractivity contribution is 5.78. The first-order valence-electron chi connectivity index (χ1n) is 7.93. The van der Waals surface area contributed by atoms with Gasteiger partial charge in [0.15, 0.2) is 5.96 Å². The normalized spacial score (nSPS) is 18.2. The van der Waals surface area contributed by atoms with Crippen LogP contribution in [0.15, 0.2) is 29.3 Å². The van der Waals surface area contributed by atoms with E-state index < -0.39 is 0 Å². The number of nitrogens with zero attached hydrogens (tertiary/aromatic N) is 2. The number of guanidine groups is 1. The lowest BCUT2D eigenvalue weighted by Crippen LogP contribution is -2.37. The monoisotopic (exact) mass is 288 g/mol. The first-order chi connectivity index (χ1) is 10.1. The van der Waals surface area contributed by atoms with Crippen molar-refractivity contribution in [1.29, 1.82) is 0 Å². The molecule has 0 saturated carbocycles. The maximum Gasteiger partial charge on any atom is 0.188 e. The Morgan fingerprint density at radius 1 is 1.24 bits per heavy atom. The fourth-order valence-electron chi connectivity index (χ4n) is 2.80. The van der Waals surface area contributed by atoms with Crippen LogP contribution in [0.3, 0.4) is 0 Å². The van der Waals surface area contributed by atoms with Gasteiger partial charge in [-0.1, -0.05) is 29.8 Å². The highest BCUT2D eigenvalue weighted by atomic mass is 15.2. The molecule has 0 amide bonds. The smallest absolute Gasteiger partial charge is 0.188 e. The van der Waals surface area contributed by atoms with Crippen LogP contribution < -0.4 is 11.1 Å². The SMILES string of the molecule is Cc1ccc(C(CN=C(N)NC(C)C)N2CCCC2)cc1. The van der Waals surface area contributed by atoms with Crippen LogP contribution in [0.4, 0.5) is 0 Å². The second kappa shape index (κ2) is 7.46. The van der Waals surface area contributed by atoms with Crippen molar-refractivity contribution in [2.24, 2.45) is 10.7 Å². The van der Waals surface area contributed by atoms with E-state index in [4.69, 9.17) is 5.73 Å². The highest BCUT2D eigenvalue weighted by Gasteiger charge is 2.23. The molecule has 1 aromatic carbocycles. The molecule has 0 aliphatic carbocycles. The van der Waals surface area contributed by atoms with Crippen molar-refractivity contribution in [2.75, 3.05) is 19.6 Å². The van der Waals surface area contributed by atoms with Crippen molar-refractivity contribution in [3.8, 4) is 0 Å². The zero-order valence-corrected chi connectivity index (χ0v) is 13.5. The van der Waals surface area contributed by atoms with E-state index in [9.17, 15) is 0 Å². The molecule has 3 N–H and O–H groups in total. The molecule has 1 saturated heterocycles. The molecule has 1 fully saturated rings. The fourth-order valence-corrected chi connectivity index (χ4v) is 2.80. The zero-order valence-electron chi connectivity index (χ0n) is 13.5. The molecule has 2 rings (SSSR count). The molecule has 4 heteroatoms. The Balaban J connectivity index is 2.10. The molecule has 1 unspecified atom stereocenters. The van der Waals surface area contributed by atoms with Crippen LogP contribution in [0.1, 0.15) is 43.9 Å². The summed E-state index contributed by atoms with van der Waals surface area (Å²) in [5.41, 5.74) is 8.58. The predicted octanol–water partition coefficient (Wildman–Crippen LogP) is 2.44. The van der Waals surface area contributed by atoms with Crippen LogP contribution in [0, 0.1) is 6.92 Å². The lowest BCUT2D eigenvalue weighted by molar-refractivity contribution is 0.251. The van der Waals surface area contributed by atoms with Gasteiger partial charge in [-0.25, -0.2) is 0 Å². The molecule has 1 atom stereocenters. The standard InChI is InChI=1S/C17H28N4/c1-13(2)20-17(18)19-12-16(21-10-4-5-11-21)15-8-6-14(3)7-9-15/h6-9,13,16H,4-5,10-12H2,1-3H3,(H3,18,19,20). The molecular weight excluding hydrogens is 260 g/mol. The summed E-state index contributed by atoms with van der Waals surface area (Å²) < 4.78 is 0. The van der Waals surface area contributed by atoms with Crippen molar-refractivity contribution < 1.29 is 0 Å². The van der Waals surface area contributed by atoms with Gasteiger partial charge in [-0.3, -0.25) is 9.89 Å². The molecule has 4 nitrogen and oxygen atoms in total. The van der Waals surface area contributed by atoms with E-state index in [1.54, 1.807) is 0 Å². The summed E-state index contributed by atoms with van der Waals surface area (Å²) in [4.78, 5) is 7.07. The maximum atomic E-state index is 5.94. The molecule has 116 valence electrons. The molecule has 1 aliphatic rings.